The smallest absolute Gasteiger partial charge is 0.135 e. The molecule has 0 radical (unpaired) electrons. The van der Waals surface area contributed by atoms with Gasteiger partial charge in [0.1, 0.15) is 16.2 Å². The van der Waals surface area contributed by atoms with Gasteiger partial charge in [-0.15, -0.1) is 0 Å². The second-order valence-electron chi connectivity index (χ2n) is 5.56. The lowest BCUT2D eigenvalue weighted by Crippen LogP contribution is -2.16. The maximum Gasteiger partial charge on any atom is 0.135 e. The third-order valence-electron chi connectivity index (χ3n) is 2.91. The van der Waals surface area contributed by atoms with Gasteiger partial charge in [-0.1, -0.05) is 32.9 Å². The number of benzene rings is 1. The predicted molar refractivity (Wildman–Crippen MR) is 78.6 cm³/mol. The average molecular weight is 323 g/mol. The van der Waals surface area contributed by atoms with Gasteiger partial charge in [-0.25, -0.2) is 14.4 Å². The van der Waals surface area contributed by atoms with E-state index in [0.29, 0.717) is 10.2 Å². The van der Waals surface area contributed by atoms with E-state index in [1.54, 1.807) is 13.0 Å². The molecule has 0 N–H and O–H groups in total. The van der Waals surface area contributed by atoms with Gasteiger partial charge in [-0.3, -0.25) is 0 Å². The van der Waals surface area contributed by atoms with Crippen LogP contribution >= 0.6 is 15.9 Å². The number of hydrogen-bond acceptors (Lipinski definition) is 2. The maximum absolute atomic E-state index is 13.6. The van der Waals surface area contributed by atoms with Gasteiger partial charge in [0, 0.05) is 11.0 Å². The molecule has 0 fully saturated rings. The van der Waals surface area contributed by atoms with E-state index in [1.165, 1.54) is 6.07 Å². The van der Waals surface area contributed by atoms with E-state index < -0.39 is 0 Å². The van der Waals surface area contributed by atoms with E-state index in [2.05, 4.69) is 46.7 Å². The first-order valence-corrected chi connectivity index (χ1v) is 6.89. The first kappa shape index (κ1) is 14.1. The number of nitrogens with zero attached hydrogens (tertiary/aromatic N) is 2. The van der Waals surface area contributed by atoms with Crippen molar-refractivity contribution in [2.24, 2.45) is 0 Å². The molecule has 1 aromatic carbocycles. The van der Waals surface area contributed by atoms with Crippen molar-refractivity contribution in [3.8, 4) is 11.3 Å². The largest absolute Gasteiger partial charge is 0.232 e. The zero-order chi connectivity index (χ0) is 14.2. The molecule has 0 unspecified atom stereocenters. The fourth-order valence-corrected chi connectivity index (χ4v) is 2.16. The molecule has 4 heteroatoms. The Balaban J connectivity index is 2.63. The van der Waals surface area contributed by atoms with Crippen LogP contribution in [0.4, 0.5) is 4.39 Å². The first-order valence-electron chi connectivity index (χ1n) is 6.09. The van der Waals surface area contributed by atoms with Crippen molar-refractivity contribution in [1.82, 2.24) is 9.97 Å². The summed E-state index contributed by atoms with van der Waals surface area (Å²) < 4.78 is 14.4. The summed E-state index contributed by atoms with van der Waals surface area (Å²) >= 11 is 3.40. The zero-order valence-electron chi connectivity index (χ0n) is 11.5. The Labute approximate surface area is 121 Å². The highest BCUT2D eigenvalue weighted by molar-refractivity contribution is 9.10. The molecular weight excluding hydrogens is 307 g/mol. The normalized spacial score (nSPS) is 11.7. The first-order chi connectivity index (χ1) is 8.79. The molecule has 19 heavy (non-hydrogen) atoms. The summed E-state index contributed by atoms with van der Waals surface area (Å²) in [6.07, 6.45) is 0. The van der Waals surface area contributed by atoms with Gasteiger partial charge in [-0.05, 0) is 40.5 Å². The van der Waals surface area contributed by atoms with Crippen LogP contribution < -0.4 is 0 Å². The molecule has 100 valence electrons. The van der Waals surface area contributed by atoms with E-state index in [-0.39, 0.29) is 11.2 Å². The molecule has 0 saturated carbocycles. The summed E-state index contributed by atoms with van der Waals surface area (Å²) in [5.74, 6) is 0.519. The minimum atomic E-state index is -0.218. The summed E-state index contributed by atoms with van der Waals surface area (Å²) in [5.41, 5.74) is 1.99. The Morgan fingerprint density at radius 3 is 2.47 bits per heavy atom. The molecule has 2 aromatic rings. The molecule has 1 heterocycles. The molecule has 0 aliphatic heterocycles. The second kappa shape index (κ2) is 5.00. The van der Waals surface area contributed by atoms with Gasteiger partial charge in [-0.2, -0.15) is 0 Å². The second-order valence-corrected chi connectivity index (χ2v) is 6.37. The molecule has 0 aliphatic carbocycles. The Kier molecular flexibility index (Phi) is 3.72. The number of hydrogen-bond donors (Lipinski definition) is 0. The Morgan fingerprint density at radius 1 is 1.16 bits per heavy atom. The molecular formula is C15H16BrFN2. The van der Waals surface area contributed by atoms with Crippen molar-refractivity contribution in [3.63, 3.8) is 0 Å². The lowest BCUT2D eigenvalue weighted by molar-refractivity contribution is 0.544. The summed E-state index contributed by atoms with van der Waals surface area (Å²) in [6, 6.07) is 6.85. The quantitative estimate of drug-likeness (QED) is 0.714. The van der Waals surface area contributed by atoms with Crippen molar-refractivity contribution in [3.05, 3.63) is 46.1 Å². The zero-order valence-corrected chi connectivity index (χ0v) is 13.0. The van der Waals surface area contributed by atoms with Gasteiger partial charge >= 0.3 is 0 Å². The van der Waals surface area contributed by atoms with E-state index >= 15 is 0 Å². The predicted octanol–water partition coefficient (Wildman–Crippen LogP) is 4.65. The summed E-state index contributed by atoms with van der Waals surface area (Å²) in [5, 5.41) is 0. The third kappa shape index (κ3) is 3.00. The van der Waals surface area contributed by atoms with Crippen LogP contribution in [0.3, 0.4) is 0 Å². The summed E-state index contributed by atoms with van der Waals surface area (Å²) in [6.45, 7) is 7.92. The third-order valence-corrected chi connectivity index (χ3v) is 3.32. The maximum atomic E-state index is 13.6. The van der Waals surface area contributed by atoms with Crippen LogP contribution in [0, 0.1) is 12.7 Å². The minimum Gasteiger partial charge on any atom is -0.232 e. The van der Waals surface area contributed by atoms with Gasteiger partial charge in [0.2, 0.25) is 0 Å². The molecule has 0 atom stereocenters. The SMILES string of the molecule is Cc1c(F)cccc1-c1cc(Br)nc(C(C)(C)C)n1. The Hall–Kier alpha value is -1.29. The number of aromatic nitrogens is 2. The summed E-state index contributed by atoms with van der Waals surface area (Å²) in [7, 11) is 0. The molecule has 0 amide bonds. The van der Waals surface area contributed by atoms with Crippen LogP contribution in [0.1, 0.15) is 32.2 Å². The van der Waals surface area contributed by atoms with Gasteiger partial charge in [0.15, 0.2) is 0 Å². The number of rotatable bonds is 1. The van der Waals surface area contributed by atoms with E-state index in [9.17, 15) is 4.39 Å². The number of halogens is 2. The standard InChI is InChI=1S/C15H16BrFN2/c1-9-10(6-5-7-11(9)17)12-8-13(16)19-14(18-12)15(2,3)4/h5-8H,1-4H3. The highest BCUT2D eigenvalue weighted by Gasteiger charge is 2.19. The van der Waals surface area contributed by atoms with Crippen molar-refractivity contribution >= 4 is 15.9 Å². The van der Waals surface area contributed by atoms with Crippen molar-refractivity contribution in [2.75, 3.05) is 0 Å². The van der Waals surface area contributed by atoms with Crippen LogP contribution in [0.15, 0.2) is 28.9 Å². The molecule has 0 saturated heterocycles. The monoisotopic (exact) mass is 322 g/mol. The Bertz CT molecular complexity index is 618. The van der Waals surface area contributed by atoms with Crippen LogP contribution in [-0.4, -0.2) is 9.97 Å². The van der Waals surface area contributed by atoms with Crippen LogP contribution in [0.2, 0.25) is 0 Å². The molecule has 2 nitrogen and oxygen atoms in total. The highest BCUT2D eigenvalue weighted by atomic mass is 79.9. The molecule has 0 spiro atoms. The van der Waals surface area contributed by atoms with E-state index in [0.717, 1.165) is 17.1 Å². The lowest BCUT2D eigenvalue weighted by Gasteiger charge is -2.18. The minimum absolute atomic E-state index is 0.153. The van der Waals surface area contributed by atoms with E-state index in [1.807, 2.05) is 12.1 Å². The van der Waals surface area contributed by atoms with Gasteiger partial charge in [0.05, 0.1) is 5.69 Å². The average Bonchev–Trinajstić information content (AvgIpc) is 2.31. The fraction of sp³-hybridized carbons (Fsp3) is 0.333. The highest BCUT2D eigenvalue weighted by Crippen LogP contribution is 2.28. The van der Waals surface area contributed by atoms with Crippen molar-refractivity contribution in [2.45, 2.75) is 33.1 Å². The van der Waals surface area contributed by atoms with Gasteiger partial charge in [0.25, 0.3) is 0 Å². The van der Waals surface area contributed by atoms with Crippen molar-refractivity contribution in [1.29, 1.82) is 0 Å². The fourth-order valence-electron chi connectivity index (χ4n) is 1.78. The van der Waals surface area contributed by atoms with Crippen LogP contribution in [0.25, 0.3) is 11.3 Å². The van der Waals surface area contributed by atoms with Crippen LogP contribution in [-0.2, 0) is 5.41 Å². The molecule has 1 aromatic heterocycles. The van der Waals surface area contributed by atoms with E-state index in [4.69, 9.17) is 0 Å². The Morgan fingerprint density at radius 2 is 1.84 bits per heavy atom. The summed E-state index contributed by atoms with van der Waals surface area (Å²) in [4.78, 5) is 8.96. The topological polar surface area (TPSA) is 25.8 Å². The van der Waals surface area contributed by atoms with Crippen molar-refractivity contribution < 1.29 is 4.39 Å². The van der Waals surface area contributed by atoms with Gasteiger partial charge < -0.3 is 0 Å². The molecule has 2 rings (SSSR count). The lowest BCUT2D eigenvalue weighted by atomic mass is 9.95. The van der Waals surface area contributed by atoms with Crippen LogP contribution in [0.5, 0.6) is 0 Å². The molecule has 0 bridgehead atoms. The molecule has 0 aliphatic rings.